The lowest BCUT2D eigenvalue weighted by atomic mass is 9.75. The molecule has 0 aromatic heterocycles. The average Bonchev–Trinajstić information content (AvgIpc) is 3.00. The molecule has 1 saturated heterocycles. The van der Waals surface area contributed by atoms with E-state index in [1.165, 1.54) is 5.56 Å². The van der Waals surface area contributed by atoms with E-state index in [9.17, 15) is 4.79 Å². The van der Waals surface area contributed by atoms with Crippen molar-refractivity contribution in [3.8, 4) is 0 Å². The van der Waals surface area contributed by atoms with Gasteiger partial charge in [0.1, 0.15) is 6.10 Å². The Morgan fingerprint density at radius 1 is 1.29 bits per heavy atom. The molecule has 1 aliphatic carbocycles. The summed E-state index contributed by atoms with van der Waals surface area (Å²) in [6.07, 6.45) is 1.87. The first-order valence-corrected chi connectivity index (χ1v) is 6.26. The maximum atomic E-state index is 12.5. The van der Waals surface area contributed by atoms with Gasteiger partial charge in [0.15, 0.2) is 11.4 Å². The third kappa shape index (κ3) is 1.47. The lowest BCUT2D eigenvalue weighted by Crippen LogP contribution is -2.36. The Kier molecular flexibility index (Phi) is 2.06. The van der Waals surface area contributed by atoms with Gasteiger partial charge in [0.05, 0.1) is 0 Å². The number of carbonyl (C=O) groups is 1. The first-order chi connectivity index (χ1) is 7.95. The third-order valence-electron chi connectivity index (χ3n) is 3.89. The van der Waals surface area contributed by atoms with Crippen LogP contribution >= 0.6 is 0 Å². The SMILES string of the molecule is CC(C)(C)[C@H]1O[C@]12CCc1ccccc1C2=O. The van der Waals surface area contributed by atoms with Gasteiger partial charge in [0.25, 0.3) is 0 Å². The summed E-state index contributed by atoms with van der Waals surface area (Å²) in [5.41, 5.74) is 1.57. The summed E-state index contributed by atoms with van der Waals surface area (Å²) < 4.78 is 5.83. The Bertz CT molecular complexity index is 484. The van der Waals surface area contributed by atoms with Gasteiger partial charge in [-0.2, -0.15) is 0 Å². The Hall–Kier alpha value is -1.15. The molecule has 1 spiro atoms. The molecule has 1 aliphatic heterocycles. The van der Waals surface area contributed by atoms with Gasteiger partial charge >= 0.3 is 0 Å². The van der Waals surface area contributed by atoms with Gasteiger partial charge in [-0.25, -0.2) is 0 Å². The van der Waals surface area contributed by atoms with E-state index in [2.05, 4.69) is 26.8 Å². The number of hydrogen-bond acceptors (Lipinski definition) is 2. The normalized spacial score (nSPS) is 31.5. The number of hydrogen-bond donors (Lipinski definition) is 0. The van der Waals surface area contributed by atoms with Crippen LogP contribution in [0, 0.1) is 5.41 Å². The molecule has 0 bridgehead atoms. The van der Waals surface area contributed by atoms with Crippen molar-refractivity contribution < 1.29 is 9.53 Å². The zero-order valence-electron chi connectivity index (χ0n) is 10.6. The highest BCUT2D eigenvalue weighted by Crippen LogP contribution is 2.53. The van der Waals surface area contributed by atoms with E-state index >= 15 is 0 Å². The second kappa shape index (κ2) is 3.20. The predicted molar refractivity (Wildman–Crippen MR) is 66.2 cm³/mol. The molecule has 3 rings (SSSR count). The zero-order valence-corrected chi connectivity index (χ0v) is 10.6. The molecule has 0 unspecified atom stereocenters. The molecule has 2 atom stereocenters. The van der Waals surface area contributed by atoms with Gasteiger partial charge in [-0.15, -0.1) is 0 Å². The van der Waals surface area contributed by atoms with E-state index < -0.39 is 5.60 Å². The van der Waals surface area contributed by atoms with Crippen LogP contribution in [-0.4, -0.2) is 17.5 Å². The molecule has 0 saturated carbocycles. The molecule has 0 N–H and O–H groups in total. The number of fused-ring (bicyclic) bond motifs is 1. The molecule has 1 aromatic rings. The van der Waals surface area contributed by atoms with Crippen LogP contribution in [0.3, 0.4) is 0 Å². The minimum Gasteiger partial charge on any atom is -0.357 e. The Morgan fingerprint density at radius 3 is 2.65 bits per heavy atom. The summed E-state index contributed by atoms with van der Waals surface area (Å²) in [5, 5.41) is 0. The zero-order chi connectivity index (χ0) is 12.3. The number of carbonyl (C=O) groups excluding carboxylic acids is 1. The summed E-state index contributed by atoms with van der Waals surface area (Å²) >= 11 is 0. The van der Waals surface area contributed by atoms with Gasteiger partial charge in [0, 0.05) is 5.56 Å². The van der Waals surface area contributed by atoms with Crippen molar-refractivity contribution in [3.63, 3.8) is 0 Å². The Labute approximate surface area is 102 Å². The van der Waals surface area contributed by atoms with Crippen LogP contribution in [0.15, 0.2) is 24.3 Å². The van der Waals surface area contributed by atoms with Gasteiger partial charge in [0.2, 0.25) is 0 Å². The second-order valence-electron chi connectivity index (χ2n) is 6.24. The number of aryl methyl sites for hydroxylation is 1. The molecular formula is C15H18O2. The van der Waals surface area contributed by atoms with Gasteiger partial charge in [-0.1, -0.05) is 45.0 Å². The summed E-state index contributed by atoms with van der Waals surface area (Å²) in [5.74, 6) is 0.194. The van der Waals surface area contributed by atoms with Crippen LogP contribution in [0.4, 0.5) is 0 Å². The van der Waals surface area contributed by atoms with Crippen molar-refractivity contribution in [2.24, 2.45) is 5.41 Å². The molecule has 2 nitrogen and oxygen atoms in total. The summed E-state index contributed by atoms with van der Waals surface area (Å²) in [6.45, 7) is 6.42. The molecule has 90 valence electrons. The smallest absolute Gasteiger partial charge is 0.197 e. The molecule has 1 heterocycles. The van der Waals surface area contributed by atoms with Crippen LogP contribution in [0.25, 0.3) is 0 Å². The van der Waals surface area contributed by atoms with Crippen LogP contribution in [-0.2, 0) is 11.2 Å². The first-order valence-electron chi connectivity index (χ1n) is 6.26. The second-order valence-corrected chi connectivity index (χ2v) is 6.24. The minimum atomic E-state index is -0.507. The Morgan fingerprint density at radius 2 is 2.00 bits per heavy atom. The fourth-order valence-corrected chi connectivity index (χ4v) is 3.04. The highest BCUT2D eigenvalue weighted by molar-refractivity contribution is 6.07. The van der Waals surface area contributed by atoms with Gasteiger partial charge in [-0.3, -0.25) is 4.79 Å². The van der Waals surface area contributed by atoms with E-state index in [1.807, 2.05) is 18.2 Å². The van der Waals surface area contributed by atoms with E-state index in [1.54, 1.807) is 0 Å². The van der Waals surface area contributed by atoms with Crippen LogP contribution < -0.4 is 0 Å². The number of rotatable bonds is 0. The molecule has 1 aromatic carbocycles. The maximum Gasteiger partial charge on any atom is 0.197 e. The van der Waals surface area contributed by atoms with Gasteiger partial charge < -0.3 is 4.74 Å². The van der Waals surface area contributed by atoms with Crippen molar-refractivity contribution in [3.05, 3.63) is 35.4 Å². The van der Waals surface area contributed by atoms with E-state index in [0.717, 1.165) is 18.4 Å². The highest BCUT2D eigenvalue weighted by atomic mass is 16.6. The fraction of sp³-hybridized carbons (Fsp3) is 0.533. The maximum absolute atomic E-state index is 12.5. The van der Waals surface area contributed by atoms with Crippen molar-refractivity contribution in [2.45, 2.75) is 45.3 Å². The lowest BCUT2D eigenvalue weighted by Gasteiger charge is -2.24. The topological polar surface area (TPSA) is 29.6 Å². The standard InChI is InChI=1S/C15H18O2/c1-14(2,3)13-15(17-13)9-8-10-6-4-5-7-11(10)12(15)16/h4-7,13H,8-9H2,1-3H3/t13-,15+/m1/s1. The van der Waals surface area contributed by atoms with Crippen LogP contribution in [0.5, 0.6) is 0 Å². The van der Waals surface area contributed by atoms with E-state index in [4.69, 9.17) is 4.74 Å². The quantitative estimate of drug-likeness (QED) is 0.641. The molecule has 0 radical (unpaired) electrons. The molecule has 1 fully saturated rings. The number of benzene rings is 1. The lowest BCUT2D eigenvalue weighted by molar-refractivity contribution is 0.0850. The predicted octanol–water partition coefficient (Wildman–Crippen LogP) is 3.00. The molecule has 0 amide bonds. The third-order valence-corrected chi connectivity index (χ3v) is 3.89. The first kappa shape index (κ1) is 11.0. The monoisotopic (exact) mass is 230 g/mol. The molecular weight excluding hydrogens is 212 g/mol. The minimum absolute atomic E-state index is 0.0436. The van der Waals surface area contributed by atoms with Crippen molar-refractivity contribution in [1.82, 2.24) is 0 Å². The van der Waals surface area contributed by atoms with Crippen molar-refractivity contribution in [1.29, 1.82) is 0 Å². The largest absolute Gasteiger partial charge is 0.357 e. The van der Waals surface area contributed by atoms with Crippen molar-refractivity contribution in [2.75, 3.05) is 0 Å². The number of ether oxygens (including phenoxy) is 1. The van der Waals surface area contributed by atoms with Gasteiger partial charge in [-0.05, 0) is 23.8 Å². The highest BCUT2D eigenvalue weighted by Gasteiger charge is 2.66. The molecule has 2 heteroatoms. The Balaban J connectivity index is 1.97. The van der Waals surface area contributed by atoms with Crippen LogP contribution in [0.1, 0.15) is 43.1 Å². The average molecular weight is 230 g/mol. The summed E-state index contributed by atoms with van der Waals surface area (Å²) in [4.78, 5) is 12.5. The van der Waals surface area contributed by atoms with Crippen molar-refractivity contribution >= 4 is 5.78 Å². The number of ketones is 1. The van der Waals surface area contributed by atoms with Crippen LogP contribution in [0.2, 0.25) is 0 Å². The molecule has 2 aliphatic rings. The number of Topliss-reactive ketones (excluding diaryl/α,β-unsaturated/α-hetero) is 1. The van der Waals surface area contributed by atoms with E-state index in [-0.39, 0.29) is 17.3 Å². The molecule has 17 heavy (non-hydrogen) atoms. The fourth-order valence-electron chi connectivity index (χ4n) is 3.04. The summed E-state index contributed by atoms with van der Waals surface area (Å²) in [6, 6.07) is 7.91. The number of epoxide rings is 1. The summed E-state index contributed by atoms with van der Waals surface area (Å²) in [7, 11) is 0. The van der Waals surface area contributed by atoms with E-state index in [0.29, 0.717) is 0 Å².